The fraction of sp³-hybridized carbons (Fsp3) is 0.188. The summed E-state index contributed by atoms with van der Waals surface area (Å²) < 4.78 is 0. The highest BCUT2D eigenvalue weighted by atomic mass is 16.4. The molecule has 0 saturated carbocycles. The first-order valence-corrected chi connectivity index (χ1v) is 6.85. The highest BCUT2D eigenvalue weighted by Crippen LogP contribution is 2.32. The standard InChI is InChI=1S/C16H13N3O2/c20-16(21)10-5-9-6-11(8-19-14(9)7-10)12-1-3-17-15-13(12)2-4-18-15/h1-4,6,8,10H,5,7H2,(H,17,18)(H,20,21). The lowest BCUT2D eigenvalue weighted by molar-refractivity contribution is -0.141. The summed E-state index contributed by atoms with van der Waals surface area (Å²) in [6, 6.07) is 6.02. The zero-order valence-electron chi connectivity index (χ0n) is 11.2. The van der Waals surface area contributed by atoms with Crippen molar-refractivity contribution in [2.45, 2.75) is 12.8 Å². The Bertz CT molecular complexity index is 854. The number of carboxylic acid groups (broad SMARTS) is 1. The fourth-order valence-electron chi connectivity index (χ4n) is 3.00. The molecular formula is C16H13N3O2. The molecular weight excluding hydrogens is 266 g/mol. The summed E-state index contributed by atoms with van der Waals surface area (Å²) in [6.07, 6.45) is 6.54. The average molecular weight is 279 g/mol. The summed E-state index contributed by atoms with van der Waals surface area (Å²) in [6.45, 7) is 0. The molecule has 0 radical (unpaired) electrons. The van der Waals surface area contributed by atoms with E-state index in [0.717, 1.165) is 33.4 Å². The molecule has 1 aliphatic carbocycles. The number of fused-ring (bicyclic) bond motifs is 2. The predicted molar refractivity (Wildman–Crippen MR) is 77.9 cm³/mol. The van der Waals surface area contributed by atoms with Crippen LogP contribution < -0.4 is 0 Å². The van der Waals surface area contributed by atoms with E-state index in [1.807, 2.05) is 24.5 Å². The molecule has 0 aromatic carbocycles. The van der Waals surface area contributed by atoms with Crippen LogP contribution in [0.4, 0.5) is 0 Å². The predicted octanol–water partition coefficient (Wildman–Crippen LogP) is 2.42. The molecule has 5 heteroatoms. The third-order valence-electron chi connectivity index (χ3n) is 4.09. The number of carboxylic acids is 1. The van der Waals surface area contributed by atoms with Crippen LogP contribution in [-0.2, 0) is 17.6 Å². The Morgan fingerprint density at radius 1 is 1.29 bits per heavy atom. The van der Waals surface area contributed by atoms with Gasteiger partial charge in [-0.1, -0.05) is 0 Å². The average Bonchev–Trinajstić information content (AvgIpc) is 3.12. The van der Waals surface area contributed by atoms with Crippen LogP contribution >= 0.6 is 0 Å². The summed E-state index contributed by atoms with van der Waals surface area (Å²) in [7, 11) is 0. The number of nitrogens with one attached hydrogen (secondary N) is 1. The number of aromatic amines is 1. The van der Waals surface area contributed by atoms with E-state index in [1.165, 1.54) is 0 Å². The molecule has 2 N–H and O–H groups in total. The van der Waals surface area contributed by atoms with Crippen molar-refractivity contribution < 1.29 is 9.90 Å². The minimum absolute atomic E-state index is 0.340. The quantitative estimate of drug-likeness (QED) is 0.755. The van der Waals surface area contributed by atoms with Gasteiger partial charge < -0.3 is 10.1 Å². The lowest BCUT2D eigenvalue weighted by Gasteiger charge is -2.05. The Hall–Kier alpha value is -2.69. The van der Waals surface area contributed by atoms with Gasteiger partial charge in [-0.15, -0.1) is 0 Å². The number of aromatic nitrogens is 3. The molecule has 21 heavy (non-hydrogen) atoms. The summed E-state index contributed by atoms with van der Waals surface area (Å²) in [5.74, 6) is -1.08. The molecule has 0 amide bonds. The van der Waals surface area contributed by atoms with Crippen LogP contribution in [0.1, 0.15) is 11.3 Å². The third kappa shape index (κ3) is 1.89. The maximum atomic E-state index is 11.1. The van der Waals surface area contributed by atoms with Crippen LogP contribution in [0.3, 0.4) is 0 Å². The first-order chi connectivity index (χ1) is 10.2. The smallest absolute Gasteiger partial charge is 0.307 e. The largest absolute Gasteiger partial charge is 0.481 e. The van der Waals surface area contributed by atoms with Crippen molar-refractivity contribution in [1.29, 1.82) is 0 Å². The molecule has 3 heterocycles. The van der Waals surface area contributed by atoms with E-state index in [2.05, 4.69) is 21.0 Å². The van der Waals surface area contributed by atoms with Gasteiger partial charge in [0.2, 0.25) is 0 Å². The molecule has 0 saturated heterocycles. The molecule has 1 unspecified atom stereocenters. The Labute approximate surface area is 120 Å². The highest BCUT2D eigenvalue weighted by Gasteiger charge is 2.28. The highest BCUT2D eigenvalue weighted by molar-refractivity contribution is 5.92. The van der Waals surface area contributed by atoms with Crippen molar-refractivity contribution >= 4 is 17.0 Å². The molecule has 3 aromatic rings. The zero-order chi connectivity index (χ0) is 14.4. The van der Waals surface area contributed by atoms with Gasteiger partial charge >= 0.3 is 5.97 Å². The van der Waals surface area contributed by atoms with Gasteiger partial charge in [0.15, 0.2) is 0 Å². The number of H-pyrrole nitrogens is 1. The lowest BCUT2D eigenvalue weighted by Crippen LogP contribution is -2.13. The van der Waals surface area contributed by atoms with Crippen LogP contribution in [0.5, 0.6) is 0 Å². The molecule has 5 nitrogen and oxygen atoms in total. The van der Waals surface area contributed by atoms with Crippen molar-refractivity contribution in [2.75, 3.05) is 0 Å². The van der Waals surface area contributed by atoms with E-state index < -0.39 is 5.97 Å². The third-order valence-corrected chi connectivity index (χ3v) is 4.09. The van der Waals surface area contributed by atoms with Crippen molar-refractivity contribution in [3.63, 3.8) is 0 Å². The minimum atomic E-state index is -0.744. The second kappa shape index (κ2) is 4.41. The summed E-state index contributed by atoms with van der Waals surface area (Å²) >= 11 is 0. The second-order valence-electron chi connectivity index (χ2n) is 5.37. The summed E-state index contributed by atoms with van der Waals surface area (Å²) in [5.41, 5.74) is 4.87. The van der Waals surface area contributed by atoms with Crippen molar-refractivity contribution in [3.8, 4) is 11.1 Å². The molecule has 1 aliphatic rings. The van der Waals surface area contributed by atoms with Crippen LogP contribution in [0.15, 0.2) is 36.8 Å². The molecule has 0 aliphatic heterocycles. The van der Waals surface area contributed by atoms with Crippen LogP contribution in [0, 0.1) is 5.92 Å². The summed E-state index contributed by atoms with van der Waals surface area (Å²) in [4.78, 5) is 23.0. The molecule has 3 aromatic heterocycles. The molecule has 1 atom stereocenters. The van der Waals surface area contributed by atoms with E-state index >= 15 is 0 Å². The zero-order valence-corrected chi connectivity index (χ0v) is 11.2. The van der Waals surface area contributed by atoms with Gasteiger partial charge in [0.1, 0.15) is 5.65 Å². The van der Waals surface area contributed by atoms with E-state index in [1.54, 1.807) is 6.20 Å². The second-order valence-corrected chi connectivity index (χ2v) is 5.37. The first kappa shape index (κ1) is 12.1. The van der Waals surface area contributed by atoms with Gasteiger partial charge in [-0.25, -0.2) is 4.98 Å². The van der Waals surface area contributed by atoms with Gasteiger partial charge in [-0.3, -0.25) is 9.78 Å². The number of nitrogens with zero attached hydrogens (tertiary/aromatic N) is 2. The Morgan fingerprint density at radius 2 is 2.19 bits per heavy atom. The van der Waals surface area contributed by atoms with Gasteiger partial charge in [-0.05, 0) is 35.7 Å². The number of hydrogen-bond donors (Lipinski definition) is 2. The van der Waals surface area contributed by atoms with Gasteiger partial charge in [-0.2, -0.15) is 0 Å². The first-order valence-electron chi connectivity index (χ1n) is 6.85. The number of pyridine rings is 2. The van der Waals surface area contributed by atoms with Gasteiger partial charge in [0.05, 0.1) is 5.92 Å². The normalized spacial score (nSPS) is 17.0. The molecule has 104 valence electrons. The maximum absolute atomic E-state index is 11.1. The maximum Gasteiger partial charge on any atom is 0.307 e. The van der Waals surface area contributed by atoms with Crippen LogP contribution in [0.2, 0.25) is 0 Å². The summed E-state index contributed by atoms with van der Waals surface area (Å²) in [5, 5.41) is 10.2. The van der Waals surface area contributed by atoms with Crippen LogP contribution in [-0.4, -0.2) is 26.0 Å². The fourth-order valence-corrected chi connectivity index (χ4v) is 3.00. The van der Waals surface area contributed by atoms with Crippen LogP contribution in [0.25, 0.3) is 22.2 Å². The lowest BCUT2D eigenvalue weighted by atomic mass is 10.0. The molecule has 0 bridgehead atoms. The Morgan fingerprint density at radius 3 is 3.05 bits per heavy atom. The molecule has 0 fully saturated rings. The molecule has 0 spiro atoms. The van der Waals surface area contributed by atoms with Crippen molar-refractivity contribution in [1.82, 2.24) is 15.0 Å². The van der Waals surface area contributed by atoms with E-state index in [0.29, 0.717) is 12.8 Å². The Kier molecular flexibility index (Phi) is 2.54. The number of hydrogen-bond acceptors (Lipinski definition) is 3. The number of aliphatic carboxylic acids is 1. The molecule has 4 rings (SSSR count). The monoisotopic (exact) mass is 279 g/mol. The van der Waals surface area contributed by atoms with E-state index in [4.69, 9.17) is 5.11 Å². The topological polar surface area (TPSA) is 78.9 Å². The number of rotatable bonds is 2. The van der Waals surface area contributed by atoms with Gasteiger partial charge in [0.25, 0.3) is 0 Å². The van der Waals surface area contributed by atoms with Crippen molar-refractivity contribution in [2.24, 2.45) is 5.92 Å². The minimum Gasteiger partial charge on any atom is -0.481 e. The Balaban J connectivity index is 1.80. The number of carbonyl (C=O) groups is 1. The van der Waals surface area contributed by atoms with Crippen molar-refractivity contribution in [3.05, 3.63) is 48.0 Å². The van der Waals surface area contributed by atoms with Gasteiger partial charge in [0, 0.05) is 41.7 Å². The van der Waals surface area contributed by atoms with E-state index in [-0.39, 0.29) is 5.92 Å². The SMILES string of the molecule is O=C(O)C1Cc2cc(-c3ccnc4[nH]ccc34)cnc2C1. The van der Waals surface area contributed by atoms with E-state index in [9.17, 15) is 4.79 Å².